The maximum atomic E-state index is 12.1. The van der Waals surface area contributed by atoms with Crippen LogP contribution >= 0.6 is 12.0 Å². The number of hydrogen-bond donors (Lipinski definition) is 2. The summed E-state index contributed by atoms with van der Waals surface area (Å²) in [6.45, 7) is 6.86. The van der Waals surface area contributed by atoms with Crippen LogP contribution in [0.4, 0.5) is 23.3 Å². The molecule has 0 fully saturated rings. The molecule has 0 atom stereocenters. The third kappa shape index (κ3) is 10.3. The molecule has 0 saturated carbocycles. The zero-order chi connectivity index (χ0) is 28.9. The Morgan fingerprint density at radius 2 is 1.19 bits per heavy atom. The van der Waals surface area contributed by atoms with E-state index in [1.54, 1.807) is 58.0 Å². The SMILES string of the molecule is Cc1nc(C)nc(Nc2ccc(C=Cc3ccc(Nc4nc(C)nc(C)n4)cc3S(=O)(=O)[O-])c(SOO[O-])c2)n1.[Na+].[Na+]. The first kappa shape index (κ1) is 36.1. The van der Waals surface area contributed by atoms with E-state index in [0.717, 1.165) is 0 Å². The van der Waals surface area contributed by atoms with Gasteiger partial charge in [-0.1, -0.05) is 24.3 Å². The van der Waals surface area contributed by atoms with Gasteiger partial charge in [0, 0.05) is 16.3 Å². The second-order valence-corrected chi connectivity index (χ2v) is 10.4. The maximum Gasteiger partial charge on any atom is 1.00 e. The molecule has 0 bridgehead atoms. The largest absolute Gasteiger partial charge is 1.00 e. The molecular weight excluding hydrogens is 606 g/mol. The summed E-state index contributed by atoms with van der Waals surface area (Å²) in [5.74, 6) is 2.57. The van der Waals surface area contributed by atoms with E-state index >= 15 is 0 Å². The van der Waals surface area contributed by atoms with Crippen LogP contribution in [0.1, 0.15) is 34.4 Å². The third-order valence-electron chi connectivity index (χ3n) is 5.12. The molecule has 0 spiro atoms. The first-order valence-electron chi connectivity index (χ1n) is 11.5. The Morgan fingerprint density at radius 3 is 1.67 bits per heavy atom. The average molecular weight is 629 g/mol. The predicted molar refractivity (Wildman–Crippen MR) is 143 cm³/mol. The fourth-order valence-electron chi connectivity index (χ4n) is 3.62. The second kappa shape index (κ2) is 16.1. The van der Waals surface area contributed by atoms with Gasteiger partial charge in [0.1, 0.15) is 33.4 Å². The normalized spacial score (nSPS) is 11.1. The maximum absolute atomic E-state index is 12.1. The van der Waals surface area contributed by atoms with Crippen molar-refractivity contribution < 1.29 is 86.7 Å². The standard InChI is InChI=1S/C24H24N8O6S2.2Na/c1-13-25-14(2)28-23(27-13)31-19-9-7-17(21(11-19)39-38-37-33)5-6-18-8-10-20(12-22(18)40(34,35)36)32-24-29-15(3)26-16(4)30-24;;/h5-12,33H,1-4H3,(H,34,35,36)(H,25,27,28,31)(H,26,29,30,32);;/q;2*+1/p-2. The van der Waals surface area contributed by atoms with Crippen LogP contribution in [0.2, 0.25) is 0 Å². The van der Waals surface area contributed by atoms with Crippen LogP contribution in [0.15, 0.2) is 46.2 Å². The molecule has 4 rings (SSSR count). The quantitative estimate of drug-likeness (QED) is 0.0452. The van der Waals surface area contributed by atoms with Crippen molar-refractivity contribution in [1.29, 1.82) is 0 Å². The van der Waals surface area contributed by atoms with E-state index < -0.39 is 15.0 Å². The number of hydrogen-bond acceptors (Lipinski definition) is 15. The molecule has 2 aromatic carbocycles. The van der Waals surface area contributed by atoms with E-state index in [0.29, 0.717) is 63.1 Å². The molecule has 18 heteroatoms. The summed E-state index contributed by atoms with van der Waals surface area (Å²) in [7, 11) is -4.86. The molecular formula is C24H22N8Na2O6S2. The molecule has 14 nitrogen and oxygen atoms in total. The van der Waals surface area contributed by atoms with Gasteiger partial charge in [-0.25, -0.2) is 18.4 Å². The molecule has 208 valence electrons. The van der Waals surface area contributed by atoms with Gasteiger partial charge in [-0.2, -0.15) is 24.3 Å². The third-order valence-corrected chi connectivity index (χ3v) is 6.67. The Bertz CT molecular complexity index is 1660. The summed E-state index contributed by atoms with van der Waals surface area (Å²) in [4.78, 5) is 25.0. The van der Waals surface area contributed by atoms with Crippen LogP contribution < -0.4 is 75.0 Å². The Hall–Kier alpha value is -2.06. The van der Waals surface area contributed by atoms with Crippen molar-refractivity contribution in [2.75, 3.05) is 10.6 Å². The fourth-order valence-corrected chi connectivity index (χ4v) is 4.82. The van der Waals surface area contributed by atoms with E-state index in [1.165, 1.54) is 18.2 Å². The molecule has 0 unspecified atom stereocenters. The molecule has 2 aromatic heterocycles. The molecule has 42 heavy (non-hydrogen) atoms. The molecule has 4 aromatic rings. The van der Waals surface area contributed by atoms with Crippen molar-refractivity contribution in [3.05, 3.63) is 70.8 Å². The van der Waals surface area contributed by atoms with Crippen LogP contribution in [-0.4, -0.2) is 42.9 Å². The van der Waals surface area contributed by atoms with Crippen LogP contribution in [0.3, 0.4) is 0 Å². The van der Waals surface area contributed by atoms with Crippen molar-refractivity contribution in [2.45, 2.75) is 37.5 Å². The van der Waals surface area contributed by atoms with Gasteiger partial charge >= 0.3 is 59.1 Å². The Balaban J connectivity index is 0.00000308. The van der Waals surface area contributed by atoms with Crippen LogP contribution in [0.25, 0.3) is 12.2 Å². The van der Waals surface area contributed by atoms with E-state index in [-0.39, 0.29) is 70.6 Å². The number of aromatic nitrogens is 6. The van der Waals surface area contributed by atoms with E-state index in [1.807, 2.05) is 0 Å². The summed E-state index contributed by atoms with van der Waals surface area (Å²) in [6.07, 6.45) is 3.02. The molecule has 0 aliphatic heterocycles. The van der Waals surface area contributed by atoms with Crippen molar-refractivity contribution in [3.63, 3.8) is 0 Å². The van der Waals surface area contributed by atoms with Gasteiger partial charge in [-0.3, -0.25) is 5.04 Å². The molecule has 2 heterocycles. The zero-order valence-corrected chi connectivity index (χ0v) is 29.2. The molecule has 0 radical (unpaired) electrons. The minimum Gasteiger partial charge on any atom is -0.744 e. The topological polar surface area (TPSA) is 200 Å². The van der Waals surface area contributed by atoms with Gasteiger partial charge in [0.05, 0.1) is 16.9 Å². The average Bonchev–Trinajstić information content (AvgIpc) is 2.85. The van der Waals surface area contributed by atoms with Gasteiger partial charge in [0.15, 0.2) is 0 Å². The van der Waals surface area contributed by atoms with Gasteiger partial charge in [-0.05, 0) is 63.1 Å². The summed E-state index contributed by atoms with van der Waals surface area (Å²) >= 11 is 0.641. The van der Waals surface area contributed by atoms with Crippen LogP contribution in [-0.2, 0) is 19.5 Å². The summed E-state index contributed by atoms with van der Waals surface area (Å²) in [5.41, 5.74) is 1.54. The number of anilines is 4. The van der Waals surface area contributed by atoms with Gasteiger partial charge < -0.3 is 20.4 Å². The molecule has 0 amide bonds. The predicted octanol–water partition coefficient (Wildman–Crippen LogP) is -2.91. The van der Waals surface area contributed by atoms with Crippen molar-refractivity contribution >= 4 is 57.6 Å². The first-order valence-corrected chi connectivity index (χ1v) is 13.6. The summed E-state index contributed by atoms with van der Waals surface area (Å²) < 4.78 is 40.8. The Morgan fingerprint density at radius 1 is 0.738 bits per heavy atom. The molecule has 2 N–H and O–H groups in total. The number of nitrogens with one attached hydrogen (secondary N) is 2. The monoisotopic (exact) mass is 628 g/mol. The van der Waals surface area contributed by atoms with Gasteiger partial charge in [0.2, 0.25) is 11.9 Å². The number of aryl methyl sites for hydroxylation is 4. The summed E-state index contributed by atoms with van der Waals surface area (Å²) in [5, 5.41) is 19.9. The minimum atomic E-state index is -4.86. The van der Waals surface area contributed by atoms with E-state index in [4.69, 9.17) is 0 Å². The molecule has 0 aliphatic rings. The second-order valence-electron chi connectivity index (χ2n) is 8.27. The van der Waals surface area contributed by atoms with Crippen molar-refractivity contribution in [1.82, 2.24) is 29.9 Å². The van der Waals surface area contributed by atoms with Crippen LogP contribution in [0.5, 0.6) is 0 Å². The van der Waals surface area contributed by atoms with Crippen molar-refractivity contribution in [3.8, 4) is 0 Å². The Kier molecular flexibility index (Phi) is 13.9. The Labute approximate surface area is 290 Å². The number of benzene rings is 2. The summed E-state index contributed by atoms with van der Waals surface area (Å²) in [6, 6.07) is 9.30. The first-order chi connectivity index (χ1) is 19.0. The minimum absolute atomic E-state index is 0. The number of nitrogens with zero attached hydrogens (tertiary/aromatic N) is 6. The zero-order valence-electron chi connectivity index (χ0n) is 23.6. The smallest absolute Gasteiger partial charge is 0.744 e. The fraction of sp³-hybridized carbons (Fsp3) is 0.167. The van der Waals surface area contributed by atoms with Gasteiger partial charge in [-0.15, -0.1) is 0 Å². The van der Waals surface area contributed by atoms with E-state index in [9.17, 15) is 18.2 Å². The van der Waals surface area contributed by atoms with E-state index in [2.05, 4.69) is 49.9 Å². The van der Waals surface area contributed by atoms with Crippen LogP contribution in [0, 0.1) is 27.7 Å². The number of rotatable bonds is 10. The molecule has 0 saturated heterocycles. The van der Waals surface area contributed by atoms with Crippen molar-refractivity contribution in [2.24, 2.45) is 0 Å². The molecule has 0 aliphatic carbocycles. The van der Waals surface area contributed by atoms with Gasteiger partial charge in [0.25, 0.3) is 0 Å².